The molecular weight excluding hydrogens is 447 g/mol. The maximum absolute atomic E-state index is 13.1. The van der Waals surface area contributed by atoms with Gasteiger partial charge in [-0.25, -0.2) is 22.8 Å². The number of carbonyl (C=O) groups is 3. The summed E-state index contributed by atoms with van der Waals surface area (Å²) < 4.78 is 75.7. The number of rotatable bonds is 6. The summed E-state index contributed by atoms with van der Waals surface area (Å²) in [5, 5.41) is 9.03. The molecular formula is C18H14F3NO8S. The Bertz CT molecular complexity index is 1160. The maximum atomic E-state index is 13.1. The number of sulfonamides is 1. The third-order valence-electron chi connectivity index (χ3n) is 3.86. The van der Waals surface area contributed by atoms with Crippen LogP contribution in [-0.4, -0.2) is 45.7 Å². The van der Waals surface area contributed by atoms with Crippen molar-refractivity contribution in [2.24, 2.45) is 0 Å². The number of carboxylic acids is 1. The van der Waals surface area contributed by atoms with Crippen molar-refractivity contribution in [3.63, 3.8) is 0 Å². The molecule has 2 aromatic carbocycles. The number of nitrogens with one attached hydrogen (secondary N) is 1. The van der Waals surface area contributed by atoms with E-state index in [0.717, 1.165) is 32.4 Å². The highest BCUT2D eigenvalue weighted by molar-refractivity contribution is 7.92. The van der Waals surface area contributed by atoms with E-state index in [2.05, 4.69) is 9.47 Å². The minimum absolute atomic E-state index is 0.272. The topological polar surface area (TPSA) is 136 Å². The molecule has 0 spiro atoms. The van der Waals surface area contributed by atoms with Crippen LogP contribution in [0.25, 0.3) is 0 Å². The molecule has 0 saturated carbocycles. The van der Waals surface area contributed by atoms with Crippen molar-refractivity contribution in [3.05, 3.63) is 58.7 Å². The van der Waals surface area contributed by atoms with Crippen molar-refractivity contribution in [3.8, 4) is 0 Å². The van der Waals surface area contributed by atoms with E-state index in [1.165, 1.54) is 0 Å². The fraction of sp³-hybridized carbons (Fsp3) is 0.167. The van der Waals surface area contributed by atoms with Crippen molar-refractivity contribution in [1.82, 2.24) is 0 Å². The van der Waals surface area contributed by atoms with E-state index in [4.69, 9.17) is 5.11 Å². The van der Waals surface area contributed by atoms with Crippen molar-refractivity contribution < 1.29 is 50.6 Å². The molecule has 0 fully saturated rings. The van der Waals surface area contributed by atoms with E-state index in [1.807, 2.05) is 0 Å². The third-order valence-corrected chi connectivity index (χ3v) is 5.28. The number of hydrogen-bond acceptors (Lipinski definition) is 7. The van der Waals surface area contributed by atoms with E-state index < -0.39 is 61.4 Å². The zero-order valence-corrected chi connectivity index (χ0v) is 16.6. The van der Waals surface area contributed by atoms with Crippen LogP contribution < -0.4 is 4.72 Å². The first-order valence-electron chi connectivity index (χ1n) is 8.09. The van der Waals surface area contributed by atoms with Crippen molar-refractivity contribution in [1.29, 1.82) is 0 Å². The van der Waals surface area contributed by atoms with Crippen LogP contribution in [0.1, 0.15) is 36.6 Å². The number of carboxylic acid groups (broad SMARTS) is 1. The average Bonchev–Trinajstić information content (AvgIpc) is 2.70. The lowest BCUT2D eigenvalue weighted by Crippen LogP contribution is -2.19. The minimum atomic E-state index is -4.96. The second kappa shape index (κ2) is 8.63. The molecule has 0 radical (unpaired) electrons. The molecule has 0 amide bonds. The van der Waals surface area contributed by atoms with Gasteiger partial charge in [-0.3, -0.25) is 4.72 Å². The highest BCUT2D eigenvalue weighted by atomic mass is 32.2. The Kier molecular flexibility index (Phi) is 6.59. The van der Waals surface area contributed by atoms with Crippen LogP contribution in [-0.2, 0) is 25.7 Å². The van der Waals surface area contributed by atoms with Gasteiger partial charge in [0, 0.05) is 0 Å². The predicted octanol–water partition coefficient (Wildman–Crippen LogP) is 2.78. The summed E-state index contributed by atoms with van der Waals surface area (Å²) in [6.07, 6.45) is -4.96. The standard InChI is InChI=1S/C18H14F3NO8S/c1-29-16(25)9-3-4-13(17(26)30-2)14(7-9)31(27,28)22-12-6-10(15(23)24)5-11(8-12)18(19,20)21/h3-8,22H,1-2H3,(H,23,24). The number of hydrogen-bond donors (Lipinski definition) is 2. The molecule has 0 heterocycles. The van der Waals surface area contributed by atoms with Crippen molar-refractivity contribution in [2.75, 3.05) is 18.9 Å². The van der Waals surface area contributed by atoms with Crippen LogP contribution in [0.3, 0.4) is 0 Å². The van der Waals surface area contributed by atoms with Gasteiger partial charge in [-0.1, -0.05) is 0 Å². The molecule has 0 aliphatic rings. The van der Waals surface area contributed by atoms with Gasteiger partial charge < -0.3 is 14.6 Å². The van der Waals surface area contributed by atoms with Gasteiger partial charge >= 0.3 is 24.1 Å². The third kappa shape index (κ3) is 5.31. The summed E-state index contributed by atoms with van der Waals surface area (Å²) >= 11 is 0. The molecule has 0 atom stereocenters. The molecule has 0 aliphatic carbocycles. The van der Waals surface area contributed by atoms with Crippen LogP contribution >= 0.6 is 0 Å². The van der Waals surface area contributed by atoms with E-state index in [9.17, 15) is 36.0 Å². The second-order valence-electron chi connectivity index (χ2n) is 5.90. The molecule has 9 nitrogen and oxygen atoms in total. The minimum Gasteiger partial charge on any atom is -0.478 e. The first-order valence-corrected chi connectivity index (χ1v) is 9.57. The molecule has 0 aromatic heterocycles. The van der Waals surface area contributed by atoms with Gasteiger partial charge in [-0.15, -0.1) is 0 Å². The number of halogens is 3. The SMILES string of the molecule is COC(=O)c1ccc(C(=O)OC)c(S(=O)(=O)Nc2cc(C(=O)O)cc(C(F)(F)F)c2)c1. The summed E-state index contributed by atoms with van der Waals surface area (Å²) in [6, 6.07) is 4.19. The van der Waals surface area contributed by atoms with Gasteiger partial charge in [0.15, 0.2) is 0 Å². The smallest absolute Gasteiger partial charge is 0.416 e. The molecule has 2 aromatic rings. The van der Waals surface area contributed by atoms with Gasteiger partial charge in [-0.2, -0.15) is 13.2 Å². The van der Waals surface area contributed by atoms with Crippen molar-refractivity contribution >= 4 is 33.6 Å². The molecule has 0 bridgehead atoms. The maximum Gasteiger partial charge on any atom is 0.416 e. The molecule has 0 saturated heterocycles. The van der Waals surface area contributed by atoms with Crippen LogP contribution in [0.2, 0.25) is 0 Å². The lowest BCUT2D eigenvalue weighted by Gasteiger charge is -2.15. The average molecular weight is 461 g/mol. The predicted molar refractivity (Wildman–Crippen MR) is 98.3 cm³/mol. The Morgan fingerprint density at radius 3 is 2.06 bits per heavy atom. The summed E-state index contributed by atoms with van der Waals surface area (Å²) in [6.45, 7) is 0. The number of alkyl halides is 3. The number of aromatic carboxylic acids is 1. The Morgan fingerprint density at radius 2 is 1.55 bits per heavy atom. The number of benzene rings is 2. The Morgan fingerprint density at radius 1 is 0.935 bits per heavy atom. The van der Waals surface area contributed by atoms with Gasteiger partial charge in [0.25, 0.3) is 10.0 Å². The van der Waals surface area contributed by atoms with Crippen LogP contribution in [0.5, 0.6) is 0 Å². The largest absolute Gasteiger partial charge is 0.478 e. The fourth-order valence-electron chi connectivity index (χ4n) is 2.45. The molecule has 13 heteroatoms. The summed E-state index contributed by atoms with van der Waals surface area (Å²) in [4.78, 5) is 34.0. The van der Waals surface area contributed by atoms with Crippen LogP contribution in [0, 0.1) is 0 Å². The fourth-order valence-corrected chi connectivity index (χ4v) is 3.71. The second-order valence-corrected chi connectivity index (χ2v) is 7.55. The molecule has 2 rings (SSSR count). The van der Waals surface area contributed by atoms with Crippen LogP contribution in [0.15, 0.2) is 41.3 Å². The van der Waals surface area contributed by atoms with E-state index >= 15 is 0 Å². The number of esters is 2. The quantitative estimate of drug-likeness (QED) is 0.627. The Labute approximate surface area is 173 Å². The van der Waals surface area contributed by atoms with Crippen LogP contribution in [0.4, 0.5) is 18.9 Å². The van der Waals surface area contributed by atoms with E-state index in [-0.39, 0.29) is 5.56 Å². The molecule has 0 aliphatic heterocycles. The lowest BCUT2D eigenvalue weighted by molar-refractivity contribution is -0.137. The highest BCUT2D eigenvalue weighted by Crippen LogP contribution is 2.33. The summed E-state index contributed by atoms with van der Waals surface area (Å²) in [7, 11) is -2.80. The summed E-state index contributed by atoms with van der Waals surface area (Å²) in [5.74, 6) is -3.78. The van der Waals surface area contributed by atoms with Gasteiger partial charge in [0.2, 0.25) is 0 Å². The first kappa shape index (κ1) is 23.7. The molecule has 31 heavy (non-hydrogen) atoms. The molecule has 166 valence electrons. The lowest BCUT2D eigenvalue weighted by atomic mass is 10.1. The molecule has 0 unspecified atom stereocenters. The van der Waals surface area contributed by atoms with Gasteiger partial charge in [-0.05, 0) is 36.4 Å². The molecule has 2 N–H and O–H groups in total. The zero-order chi connectivity index (χ0) is 23.6. The first-order chi connectivity index (χ1) is 14.3. The highest BCUT2D eigenvalue weighted by Gasteiger charge is 2.33. The zero-order valence-electron chi connectivity index (χ0n) is 15.8. The van der Waals surface area contributed by atoms with E-state index in [1.54, 1.807) is 4.72 Å². The Hall–Kier alpha value is -3.61. The number of ether oxygens (including phenoxy) is 2. The number of anilines is 1. The number of carbonyl (C=O) groups excluding carboxylic acids is 2. The normalized spacial score (nSPS) is 11.5. The van der Waals surface area contributed by atoms with Gasteiger partial charge in [0.1, 0.15) is 4.90 Å². The van der Waals surface area contributed by atoms with Gasteiger partial charge in [0.05, 0.1) is 42.2 Å². The van der Waals surface area contributed by atoms with Crippen molar-refractivity contribution in [2.45, 2.75) is 11.1 Å². The monoisotopic (exact) mass is 461 g/mol. The number of methoxy groups -OCH3 is 2. The Balaban J connectivity index is 2.65. The summed E-state index contributed by atoms with van der Waals surface area (Å²) in [5.41, 5.74) is -3.77. The van der Waals surface area contributed by atoms with E-state index in [0.29, 0.717) is 18.2 Å².